The van der Waals surface area contributed by atoms with Gasteiger partial charge in [-0.15, -0.1) is 12.6 Å². The molecule has 8 heteroatoms. The zero-order chi connectivity index (χ0) is 23.1. The number of ketones is 1. The summed E-state index contributed by atoms with van der Waals surface area (Å²) in [7, 11) is 1.51. The summed E-state index contributed by atoms with van der Waals surface area (Å²) in [5.41, 5.74) is 1.87. The fraction of sp³-hybridized carbons (Fsp3) is 0.391. The maximum absolute atomic E-state index is 13.4. The molecule has 2 aromatic carbocycles. The van der Waals surface area contributed by atoms with Gasteiger partial charge < -0.3 is 25.0 Å². The van der Waals surface area contributed by atoms with E-state index in [9.17, 15) is 24.9 Å². The molecule has 0 aliphatic heterocycles. The van der Waals surface area contributed by atoms with Crippen LogP contribution in [-0.4, -0.2) is 65.3 Å². The second-order valence-corrected chi connectivity index (χ2v) is 7.71. The average molecular weight is 448 g/mol. The third kappa shape index (κ3) is 5.78. The molecule has 0 radical (unpaired) electrons. The number of ether oxygens (including phenoxy) is 1. The Kier molecular flexibility index (Phi) is 8.91. The monoisotopic (exact) mass is 447 g/mol. The van der Waals surface area contributed by atoms with Crippen molar-refractivity contribution in [2.24, 2.45) is 0 Å². The molecule has 0 heterocycles. The molecule has 2 rings (SSSR count). The highest BCUT2D eigenvalue weighted by molar-refractivity contribution is 7.80. The Bertz CT molecular complexity index is 960. The molecule has 1 amide bonds. The highest BCUT2D eigenvalue weighted by atomic mass is 32.1. The minimum Gasteiger partial charge on any atom is -0.508 e. The van der Waals surface area contributed by atoms with Gasteiger partial charge in [-0.3, -0.25) is 9.59 Å². The number of hydrogen-bond donors (Lipinski definition) is 4. The van der Waals surface area contributed by atoms with Crippen LogP contribution >= 0.6 is 12.6 Å². The molecule has 2 aromatic rings. The van der Waals surface area contributed by atoms with E-state index in [4.69, 9.17) is 4.74 Å². The summed E-state index contributed by atoms with van der Waals surface area (Å²) in [4.78, 5) is 28.2. The van der Waals surface area contributed by atoms with Crippen LogP contribution in [0.3, 0.4) is 0 Å². The van der Waals surface area contributed by atoms with Crippen LogP contribution in [0.2, 0.25) is 0 Å². The molecule has 0 aromatic heterocycles. The van der Waals surface area contributed by atoms with Gasteiger partial charge in [0.05, 0.1) is 25.2 Å². The highest BCUT2D eigenvalue weighted by Crippen LogP contribution is 2.36. The number of rotatable bonds is 10. The molecular weight excluding hydrogens is 418 g/mol. The number of aliphatic hydroxyl groups excluding tert-OH is 1. The van der Waals surface area contributed by atoms with Crippen LogP contribution < -0.4 is 0 Å². The Morgan fingerprint density at radius 2 is 1.81 bits per heavy atom. The summed E-state index contributed by atoms with van der Waals surface area (Å²) >= 11 is 4.39. The first-order valence-corrected chi connectivity index (χ1v) is 10.5. The largest absolute Gasteiger partial charge is 0.508 e. The normalized spacial score (nSPS) is 10.9. The van der Waals surface area contributed by atoms with Crippen LogP contribution in [0.25, 0.3) is 0 Å². The van der Waals surface area contributed by atoms with Crippen molar-refractivity contribution in [1.82, 2.24) is 4.90 Å². The van der Waals surface area contributed by atoms with Gasteiger partial charge >= 0.3 is 0 Å². The maximum Gasteiger partial charge on any atom is 0.227 e. The van der Waals surface area contributed by atoms with Gasteiger partial charge in [-0.1, -0.05) is 13.0 Å². The average Bonchev–Trinajstić information content (AvgIpc) is 2.70. The topological polar surface area (TPSA) is 107 Å². The first kappa shape index (κ1) is 24.7. The van der Waals surface area contributed by atoms with E-state index in [1.54, 1.807) is 25.1 Å². The van der Waals surface area contributed by atoms with Crippen LogP contribution in [-0.2, 0) is 22.4 Å². The number of hydrogen-bond acceptors (Lipinski definition) is 7. The highest BCUT2D eigenvalue weighted by Gasteiger charge is 2.27. The number of aryl methyl sites for hydroxylation is 1. The van der Waals surface area contributed by atoms with Crippen molar-refractivity contribution in [3.8, 4) is 11.5 Å². The number of carbonyl (C=O) groups is 2. The maximum atomic E-state index is 13.4. The number of benzene rings is 2. The number of phenols is 2. The van der Waals surface area contributed by atoms with E-state index >= 15 is 0 Å². The Balaban J connectivity index is 2.57. The quantitative estimate of drug-likeness (QED) is 0.329. The zero-order valence-corrected chi connectivity index (χ0v) is 18.9. The van der Waals surface area contributed by atoms with Crippen LogP contribution in [0.4, 0.5) is 0 Å². The molecule has 0 saturated heterocycles. The van der Waals surface area contributed by atoms with E-state index in [0.717, 1.165) is 11.6 Å². The van der Waals surface area contributed by atoms with Gasteiger partial charge in [-0.25, -0.2) is 0 Å². The molecule has 0 unspecified atom stereocenters. The molecule has 0 aliphatic carbocycles. The lowest BCUT2D eigenvalue weighted by atomic mass is 9.89. The standard InChI is InChI=1S/C23H29NO6S/c1-4-15-17(12-21(28)24(7-9-25)8-10-30-3)22(19(27)13-18(15)26)23(29)16-6-5-14(2)11-20(16)31/h5-6,11,13,25-27,31H,4,7-10,12H2,1-3H3. The van der Waals surface area contributed by atoms with E-state index in [1.807, 2.05) is 6.92 Å². The minimum absolute atomic E-state index is 0.0298. The van der Waals surface area contributed by atoms with E-state index in [-0.39, 0.29) is 61.1 Å². The molecule has 168 valence electrons. The number of nitrogens with zero attached hydrogens (tertiary/aromatic N) is 1. The molecule has 0 bridgehead atoms. The minimum atomic E-state index is -0.481. The number of carbonyl (C=O) groups excluding carboxylic acids is 2. The van der Waals surface area contributed by atoms with Crippen molar-refractivity contribution in [3.05, 3.63) is 52.1 Å². The van der Waals surface area contributed by atoms with Crippen molar-refractivity contribution >= 4 is 24.3 Å². The van der Waals surface area contributed by atoms with Gasteiger partial charge in [0.2, 0.25) is 5.91 Å². The lowest BCUT2D eigenvalue weighted by Gasteiger charge is -2.23. The van der Waals surface area contributed by atoms with Gasteiger partial charge in [-0.2, -0.15) is 0 Å². The van der Waals surface area contributed by atoms with Gasteiger partial charge in [0, 0.05) is 36.7 Å². The molecule has 0 aliphatic rings. The van der Waals surface area contributed by atoms with Crippen molar-refractivity contribution < 1.29 is 29.6 Å². The number of aliphatic hydroxyl groups is 1. The Morgan fingerprint density at radius 1 is 1.10 bits per heavy atom. The molecule has 7 nitrogen and oxygen atoms in total. The van der Waals surface area contributed by atoms with Gasteiger partial charge in [0.1, 0.15) is 11.5 Å². The first-order valence-electron chi connectivity index (χ1n) is 10.0. The number of methoxy groups -OCH3 is 1. The molecule has 31 heavy (non-hydrogen) atoms. The summed E-state index contributed by atoms with van der Waals surface area (Å²) in [6, 6.07) is 6.26. The summed E-state index contributed by atoms with van der Waals surface area (Å²) in [5, 5.41) is 30.2. The van der Waals surface area contributed by atoms with Crippen LogP contribution in [0.5, 0.6) is 11.5 Å². The van der Waals surface area contributed by atoms with Gasteiger partial charge in [-0.05, 0) is 42.2 Å². The summed E-state index contributed by atoms with van der Waals surface area (Å²) < 4.78 is 5.03. The summed E-state index contributed by atoms with van der Waals surface area (Å²) in [5.74, 6) is -1.41. The van der Waals surface area contributed by atoms with Crippen molar-refractivity contribution in [2.45, 2.75) is 31.6 Å². The van der Waals surface area contributed by atoms with E-state index in [0.29, 0.717) is 16.9 Å². The number of amides is 1. The number of thiol groups is 1. The lowest BCUT2D eigenvalue weighted by molar-refractivity contribution is -0.131. The molecule has 0 fully saturated rings. The van der Waals surface area contributed by atoms with E-state index in [2.05, 4.69) is 12.6 Å². The first-order chi connectivity index (χ1) is 14.7. The van der Waals surface area contributed by atoms with Crippen molar-refractivity contribution in [2.75, 3.05) is 33.4 Å². The molecule has 0 spiro atoms. The third-order valence-corrected chi connectivity index (χ3v) is 5.47. The van der Waals surface area contributed by atoms with Crippen LogP contribution in [0, 0.1) is 6.92 Å². The molecule has 3 N–H and O–H groups in total. The SMILES string of the molecule is CCc1c(O)cc(O)c(C(=O)c2ccc(C)cc2S)c1CC(=O)N(CCO)CCOC. The Labute approximate surface area is 187 Å². The molecule has 0 atom stereocenters. The second kappa shape index (κ2) is 11.2. The number of aromatic hydroxyl groups is 2. The molecule has 0 saturated carbocycles. The fourth-order valence-corrected chi connectivity index (χ4v) is 3.89. The Hall–Kier alpha value is -2.55. The fourth-order valence-electron chi connectivity index (χ4n) is 3.51. The van der Waals surface area contributed by atoms with Crippen LogP contribution in [0.1, 0.15) is 39.5 Å². The van der Waals surface area contributed by atoms with Gasteiger partial charge in [0.25, 0.3) is 0 Å². The van der Waals surface area contributed by atoms with Gasteiger partial charge in [0.15, 0.2) is 5.78 Å². The number of phenolic OH excluding ortho intramolecular Hbond substituents is 2. The van der Waals surface area contributed by atoms with Crippen LogP contribution in [0.15, 0.2) is 29.2 Å². The second-order valence-electron chi connectivity index (χ2n) is 7.22. The van der Waals surface area contributed by atoms with E-state index in [1.165, 1.54) is 12.0 Å². The predicted molar refractivity (Wildman–Crippen MR) is 120 cm³/mol. The van der Waals surface area contributed by atoms with Crippen molar-refractivity contribution in [1.29, 1.82) is 0 Å². The third-order valence-electron chi connectivity index (χ3n) is 5.10. The lowest BCUT2D eigenvalue weighted by Crippen LogP contribution is -2.37. The van der Waals surface area contributed by atoms with Crippen molar-refractivity contribution in [3.63, 3.8) is 0 Å². The smallest absolute Gasteiger partial charge is 0.227 e. The zero-order valence-electron chi connectivity index (χ0n) is 18.0. The molecular formula is C23H29NO6S. The summed E-state index contributed by atoms with van der Waals surface area (Å²) in [6.07, 6.45) is 0.137. The van der Waals surface area contributed by atoms with E-state index < -0.39 is 11.5 Å². The Morgan fingerprint density at radius 3 is 2.39 bits per heavy atom. The predicted octanol–water partition coefficient (Wildman–Crippen LogP) is 2.50. The summed E-state index contributed by atoms with van der Waals surface area (Å²) in [6.45, 7) is 4.11.